The maximum atomic E-state index is 12.2. The van der Waals surface area contributed by atoms with E-state index in [9.17, 15) is 27.6 Å². The van der Waals surface area contributed by atoms with E-state index in [2.05, 4.69) is 14.8 Å². The van der Waals surface area contributed by atoms with Crippen LogP contribution in [0.25, 0.3) is 0 Å². The average molecular weight is 340 g/mol. The van der Waals surface area contributed by atoms with Crippen LogP contribution >= 0.6 is 0 Å². The largest absolute Gasteiger partial charge is 0.461 e. The minimum Gasteiger partial charge on any atom is -0.461 e. The number of carbonyl (C=O) groups excluding carboxylic acids is 3. The molecule has 0 saturated heterocycles. The number of ketones is 1. The van der Waals surface area contributed by atoms with Gasteiger partial charge in [-0.1, -0.05) is 0 Å². The Kier molecular flexibility index (Phi) is 9.08. The summed E-state index contributed by atoms with van der Waals surface area (Å²) in [5.41, 5.74) is 0. The van der Waals surface area contributed by atoms with Gasteiger partial charge in [0.05, 0.1) is 12.6 Å². The standard InChI is InChI=1S/C13H19F3N2O5/c1-8(5-13(14,15)16)23-12(21)10(4-3-9(19)6-17)18-11(20)7-22-2/h6,8,10,17H,3-5,7H2,1-2H3,(H,18,20)/t8-,10+/m1/s1. The number of esters is 1. The van der Waals surface area contributed by atoms with Gasteiger partial charge in [-0.25, -0.2) is 4.79 Å². The van der Waals surface area contributed by atoms with E-state index in [-0.39, 0.29) is 19.4 Å². The molecule has 0 saturated carbocycles. The van der Waals surface area contributed by atoms with Crippen LogP contribution in [0.1, 0.15) is 26.2 Å². The first-order chi connectivity index (χ1) is 10.6. The molecule has 0 aromatic rings. The maximum absolute atomic E-state index is 12.2. The van der Waals surface area contributed by atoms with Gasteiger partial charge in [-0.2, -0.15) is 13.2 Å². The highest BCUT2D eigenvalue weighted by Crippen LogP contribution is 2.23. The second-order valence-corrected chi connectivity index (χ2v) is 4.77. The molecule has 132 valence electrons. The van der Waals surface area contributed by atoms with Gasteiger partial charge in [0.25, 0.3) is 0 Å². The predicted octanol–water partition coefficient (Wildman–Crippen LogP) is 1.00. The Morgan fingerprint density at radius 3 is 2.39 bits per heavy atom. The van der Waals surface area contributed by atoms with Crippen LogP contribution in [0.15, 0.2) is 0 Å². The normalized spacial score (nSPS) is 13.8. The molecular formula is C13H19F3N2O5. The number of alkyl halides is 3. The number of hydrogen-bond donors (Lipinski definition) is 2. The van der Waals surface area contributed by atoms with E-state index in [0.29, 0.717) is 6.21 Å². The number of methoxy groups -OCH3 is 1. The number of amides is 1. The first kappa shape index (κ1) is 21.0. The van der Waals surface area contributed by atoms with Crippen molar-refractivity contribution in [2.24, 2.45) is 0 Å². The number of halogens is 3. The van der Waals surface area contributed by atoms with Gasteiger partial charge in [-0.05, 0) is 13.3 Å². The van der Waals surface area contributed by atoms with Gasteiger partial charge in [0.1, 0.15) is 18.8 Å². The molecular weight excluding hydrogens is 321 g/mol. The highest BCUT2D eigenvalue weighted by atomic mass is 19.4. The number of hydrogen-bond acceptors (Lipinski definition) is 6. The van der Waals surface area contributed by atoms with Gasteiger partial charge in [0, 0.05) is 13.5 Å². The van der Waals surface area contributed by atoms with E-state index in [0.717, 1.165) is 6.92 Å². The SMILES string of the molecule is COCC(=O)N[C@@H](CCC(=O)C=N)C(=O)O[C@H](C)CC(F)(F)F. The summed E-state index contributed by atoms with van der Waals surface area (Å²) in [7, 11) is 1.25. The number of ether oxygens (including phenoxy) is 2. The minimum atomic E-state index is -4.50. The van der Waals surface area contributed by atoms with Crippen LogP contribution in [0, 0.1) is 5.41 Å². The van der Waals surface area contributed by atoms with Crippen LogP contribution in [0.2, 0.25) is 0 Å². The first-order valence-corrected chi connectivity index (χ1v) is 6.68. The summed E-state index contributed by atoms with van der Waals surface area (Å²) in [6.07, 6.45) is -7.12. The average Bonchev–Trinajstić information content (AvgIpc) is 2.40. The lowest BCUT2D eigenvalue weighted by Crippen LogP contribution is -2.44. The molecule has 0 bridgehead atoms. The molecule has 0 aliphatic rings. The zero-order valence-corrected chi connectivity index (χ0v) is 12.7. The quantitative estimate of drug-likeness (QED) is 0.456. The Bertz CT molecular complexity index is 440. The van der Waals surface area contributed by atoms with Crippen LogP contribution in [0.5, 0.6) is 0 Å². The zero-order valence-electron chi connectivity index (χ0n) is 12.7. The van der Waals surface area contributed by atoms with Crippen molar-refractivity contribution in [2.45, 2.75) is 44.5 Å². The van der Waals surface area contributed by atoms with Crippen LogP contribution in [-0.2, 0) is 23.9 Å². The fourth-order valence-corrected chi connectivity index (χ4v) is 1.62. The molecule has 0 radical (unpaired) electrons. The van der Waals surface area contributed by atoms with Crippen molar-refractivity contribution in [3.05, 3.63) is 0 Å². The molecule has 23 heavy (non-hydrogen) atoms. The van der Waals surface area contributed by atoms with E-state index in [1.165, 1.54) is 7.11 Å². The Balaban J connectivity index is 4.74. The van der Waals surface area contributed by atoms with Crippen molar-refractivity contribution in [3.8, 4) is 0 Å². The number of Topliss-reactive ketones (excluding diaryl/α,β-unsaturated/α-hetero) is 1. The molecule has 0 aromatic heterocycles. The lowest BCUT2D eigenvalue weighted by molar-refractivity contribution is -0.172. The lowest BCUT2D eigenvalue weighted by atomic mass is 10.1. The van der Waals surface area contributed by atoms with Crippen molar-refractivity contribution >= 4 is 23.9 Å². The van der Waals surface area contributed by atoms with Gasteiger partial charge >= 0.3 is 12.1 Å². The minimum absolute atomic E-state index is 0.193. The van der Waals surface area contributed by atoms with Crippen molar-refractivity contribution in [1.29, 1.82) is 5.41 Å². The van der Waals surface area contributed by atoms with Crippen LogP contribution in [0.3, 0.4) is 0 Å². The Morgan fingerprint density at radius 2 is 1.91 bits per heavy atom. The molecule has 0 aliphatic carbocycles. The molecule has 0 spiro atoms. The summed E-state index contributed by atoms with van der Waals surface area (Å²) < 4.78 is 45.9. The Labute approximate surface area is 131 Å². The smallest absolute Gasteiger partial charge is 0.392 e. The third-order valence-electron chi connectivity index (χ3n) is 2.57. The van der Waals surface area contributed by atoms with Gasteiger partial charge in [-0.15, -0.1) is 0 Å². The summed E-state index contributed by atoms with van der Waals surface area (Å²) >= 11 is 0. The molecule has 7 nitrogen and oxygen atoms in total. The molecule has 10 heteroatoms. The maximum Gasteiger partial charge on any atom is 0.392 e. The van der Waals surface area contributed by atoms with Crippen LogP contribution in [0.4, 0.5) is 13.2 Å². The van der Waals surface area contributed by atoms with Crippen molar-refractivity contribution in [3.63, 3.8) is 0 Å². The molecule has 2 N–H and O–H groups in total. The third kappa shape index (κ3) is 10.4. The van der Waals surface area contributed by atoms with Crippen molar-refractivity contribution in [2.75, 3.05) is 13.7 Å². The van der Waals surface area contributed by atoms with E-state index >= 15 is 0 Å². The first-order valence-electron chi connectivity index (χ1n) is 6.68. The number of carbonyl (C=O) groups is 3. The summed E-state index contributed by atoms with van der Waals surface area (Å²) in [6, 6.07) is -1.29. The molecule has 1 amide bonds. The van der Waals surface area contributed by atoms with E-state index in [4.69, 9.17) is 5.41 Å². The fourth-order valence-electron chi connectivity index (χ4n) is 1.62. The molecule has 0 heterocycles. The number of rotatable bonds is 10. The lowest BCUT2D eigenvalue weighted by Gasteiger charge is -2.21. The Morgan fingerprint density at radius 1 is 1.30 bits per heavy atom. The van der Waals surface area contributed by atoms with Gasteiger partial charge < -0.3 is 20.2 Å². The molecule has 0 aliphatic heterocycles. The summed E-state index contributed by atoms with van der Waals surface area (Å²) in [6.45, 7) is 0.711. The van der Waals surface area contributed by atoms with E-state index < -0.39 is 42.4 Å². The van der Waals surface area contributed by atoms with Gasteiger partial charge in [0.2, 0.25) is 5.91 Å². The van der Waals surface area contributed by atoms with Crippen LogP contribution in [-0.4, -0.2) is 55.9 Å². The van der Waals surface area contributed by atoms with Crippen LogP contribution < -0.4 is 5.32 Å². The zero-order chi connectivity index (χ0) is 18.0. The molecule has 2 atom stereocenters. The topological polar surface area (TPSA) is 106 Å². The molecule has 0 aromatic carbocycles. The van der Waals surface area contributed by atoms with E-state index in [1.54, 1.807) is 0 Å². The van der Waals surface area contributed by atoms with Gasteiger partial charge in [-0.3, -0.25) is 9.59 Å². The number of nitrogens with one attached hydrogen (secondary N) is 2. The summed E-state index contributed by atoms with van der Waals surface area (Å²) in [5.74, 6) is -2.35. The molecule has 0 rings (SSSR count). The Hall–Kier alpha value is -1.97. The monoisotopic (exact) mass is 340 g/mol. The van der Waals surface area contributed by atoms with Gasteiger partial charge in [0.15, 0.2) is 5.78 Å². The van der Waals surface area contributed by atoms with Crippen molar-refractivity contribution < 1.29 is 37.0 Å². The molecule has 0 unspecified atom stereocenters. The highest BCUT2D eigenvalue weighted by Gasteiger charge is 2.33. The highest BCUT2D eigenvalue weighted by molar-refractivity contribution is 6.26. The van der Waals surface area contributed by atoms with Crippen molar-refractivity contribution in [1.82, 2.24) is 5.32 Å². The second kappa shape index (κ2) is 9.93. The summed E-state index contributed by atoms with van der Waals surface area (Å²) in [5, 5.41) is 8.97. The van der Waals surface area contributed by atoms with E-state index in [1.807, 2.05) is 0 Å². The predicted molar refractivity (Wildman–Crippen MR) is 73.1 cm³/mol. The fraction of sp³-hybridized carbons (Fsp3) is 0.692. The second-order valence-electron chi connectivity index (χ2n) is 4.77. The molecule has 0 fully saturated rings. The third-order valence-corrected chi connectivity index (χ3v) is 2.57. The summed E-state index contributed by atoms with van der Waals surface area (Å²) in [4.78, 5) is 34.4.